The molecule has 0 unspecified atom stereocenters. The minimum absolute atomic E-state index is 0.0673. The van der Waals surface area contributed by atoms with Crippen molar-refractivity contribution in [3.63, 3.8) is 0 Å². The van der Waals surface area contributed by atoms with E-state index in [0.717, 1.165) is 35.3 Å². The van der Waals surface area contributed by atoms with Gasteiger partial charge in [-0.15, -0.1) is 0 Å². The van der Waals surface area contributed by atoms with Gasteiger partial charge < -0.3 is 32.5 Å². The van der Waals surface area contributed by atoms with Crippen molar-refractivity contribution in [2.24, 2.45) is 11.8 Å². The topological polar surface area (TPSA) is 139 Å². The molecule has 0 saturated carbocycles. The number of amides is 3. The molecule has 16 heteroatoms. The van der Waals surface area contributed by atoms with Crippen molar-refractivity contribution >= 4 is 57.1 Å². The van der Waals surface area contributed by atoms with Gasteiger partial charge in [0.2, 0.25) is 0 Å². The molecule has 3 amide bonds. The number of urea groups is 1. The zero-order valence-corrected chi connectivity index (χ0v) is 61.3. The maximum atomic E-state index is 14.9. The molecule has 6 atom stereocenters. The summed E-state index contributed by atoms with van der Waals surface area (Å²) in [5, 5.41) is 2.45. The van der Waals surface area contributed by atoms with Gasteiger partial charge in [0, 0.05) is 44.2 Å². The predicted molar refractivity (Wildman–Crippen MR) is 365 cm³/mol. The molecule has 0 aromatic heterocycles. The van der Waals surface area contributed by atoms with Crippen LogP contribution >= 0.6 is 0 Å². The van der Waals surface area contributed by atoms with Crippen molar-refractivity contribution in [1.29, 1.82) is 0 Å². The number of benzene rings is 2. The van der Waals surface area contributed by atoms with Gasteiger partial charge in [0.1, 0.15) is 34.8 Å². The van der Waals surface area contributed by atoms with Crippen LogP contribution < -0.4 is 14.2 Å². The highest BCUT2D eigenvalue weighted by Crippen LogP contribution is 2.44. The van der Waals surface area contributed by atoms with E-state index in [1.807, 2.05) is 49.4 Å². The quantitative estimate of drug-likeness (QED) is 0.0535. The number of nitrogens with zero attached hydrogens (tertiary/aromatic N) is 1. The Bertz CT molecular complexity index is 2800. The number of rotatable bonds is 17. The predicted octanol–water partition coefficient (Wildman–Crippen LogP) is 18.9. The van der Waals surface area contributed by atoms with Gasteiger partial charge >= 0.3 is 18.0 Å². The first kappa shape index (κ1) is 73.6. The van der Waals surface area contributed by atoms with E-state index in [2.05, 4.69) is 179 Å². The summed E-state index contributed by atoms with van der Waals surface area (Å²) >= 11 is 0. The summed E-state index contributed by atoms with van der Waals surface area (Å²) in [6.45, 7) is 50.4. The zero-order chi connectivity index (χ0) is 64.9. The summed E-state index contributed by atoms with van der Waals surface area (Å²) in [5.74, 6) is -0.349. The van der Waals surface area contributed by atoms with Crippen LogP contribution in [0.25, 0.3) is 0 Å². The lowest BCUT2D eigenvalue weighted by Gasteiger charge is -2.41. The Balaban J connectivity index is 1.77. The second-order valence-corrected chi connectivity index (χ2v) is 49.0. The number of imide groups is 1. The number of hydrogen-bond acceptors (Lipinski definition) is 10. The molecule has 2 aromatic carbocycles. The Morgan fingerprint density at radius 1 is 0.581 bits per heavy atom. The summed E-state index contributed by atoms with van der Waals surface area (Å²) < 4.78 is 41.4. The molecular formula is C70H112N2O10Si4. The molecule has 0 radical (unpaired) electrons. The molecule has 0 saturated heterocycles. The molecule has 0 fully saturated rings. The monoisotopic (exact) mass is 1250 g/mol. The fourth-order valence-electron chi connectivity index (χ4n) is 8.97. The van der Waals surface area contributed by atoms with Crippen molar-refractivity contribution in [2.45, 2.75) is 259 Å². The molecule has 2 heterocycles. The van der Waals surface area contributed by atoms with Gasteiger partial charge in [-0.2, -0.15) is 0 Å². The first-order valence-corrected chi connectivity index (χ1v) is 43.2. The van der Waals surface area contributed by atoms with E-state index in [9.17, 15) is 19.2 Å². The fraction of sp³-hybridized carbons (Fsp3) is 0.600. The maximum absolute atomic E-state index is 14.9. The molecule has 2 aliphatic heterocycles. The third kappa shape index (κ3) is 20.9. The Hall–Kier alpha value is -4.85. The third-order valence-electron chi connectivity index (χ3n) is 18.9. The van der Waals surface area contributed by atoms with E-state index in [-0.39, 0.29) is 57.0 Å². The molecular weight excluding hydrogens is 1140 g/mol. The molecule has 0 bridgehead atoms. The summed E-state index contributed by atoms with van der Waals surface area (Å²) in [4.78, 5) is 59.3. The highest BCUT2D eigenvalue weighted by Gasteiger charge is 2.45. The summed E-state index contributed by atoms with van der Waals surface area (Å²) in [6.07, 6.45) is 24.4. The van der Waals surface area contributed by atoms with Gasteiger partial charge in [-0.1, -0.05) is 183 Å². The van der Waals surface area contributed by atoms with Gasteiger partial charge in [-0.05, 0) is 140 Å². The van der Waals surface area contributed by atoms with E-state index in [1.165, 1.54) is 18.5 Å². The van der Waals surface area contributed by atoms with Crippen LogP contribution in [-0.4, -0.2) is 86.5 Å². The van der Waals surface area contributed by atoms with Gasteiger partial charge in [-0.25, -0.2) is 19.3 Å². The van der Waals surface area contributed by atoms with Crippen molar-refractivity contribution in [1.82, 2.24) is 10.2 Å². The van der Waals surface area contributed by atoms with Crippen molar-refractivity contribution in [3.8, 4) is 11.5 Å². The Kier molecular flexibility index (Phi) is 26.2. The molecule has 2 aromatic rings. The Morgan fingerprint density at radius 3 is 1.38 bits per heavy atom. The van der Waals surface area contributed by atoms with Crippen LogP contribution in [0.5, 0.6) is 11.5 Å². The molecule has 4 rings (SSSR count). The van der Waals surface area contributed by atoms with Crippen LogP contribution in [-0.2, 0) is 36.0 Å². The van der Waals surface area contributed by atoms with Crippen LogP contribution in [0.2, 0.25) is 72.5 Å². The van der Waals surface area contributed by atoms with Crippen molar-refractivity contribution in [3.05, 3.63) is 132 Å². The van der Waals surface area contributed by atoms with Crippen molar-refractivity contribution in [2.75, 3.05) is 0 Å². The number of cyclic esters (lactones) is 2. The summed E-state index contributed by atoms with van der Waals surface area (Å²) in [7, 11) is -9.44. The second-order valence-electron chi connectivity index (χ2n) is 30.1. The van der Waals surface area contributed by atoms with Crippen LogP contribution in [0.4, 0.5) is 4.79 Å². The van der Waals surface area contributed by atoms with E-state index in [1.54, 1.807) is 24.3 Å². The van der Waals surface area contributed by atoms with E-state index in [0.29, 0.717) is 48.3 Å². The molecule has 86 heavy (non-hydrogen) atoms. The zero-order valence-electron chi connectivity index (χ0n) is 57.3. The van der Waals surface area contributed by atoms with Crippen LogP contribution in [0.1, 0.15) is 181 Å². The third-order valence-corrected chi connectivity index (χ3v) is 36.6. The lowest BCUT2D eigenvalue weighted by molar-refractivity contribution is -0.121. The van der Waals surface area contributed by atoms with Gasteiger partial charge in [-0.3, -0.25) is 4.79 Å². The Labute approximate surface area is 524 Å². The normalized spacial score (nSPS) is 22.2. The van der Waals surface area contributed by atoms with Crippen LogP contribution in [0.15, 0.2) is 110 Å². The SMILES string of the molecule is CC/C=C\C=C/C(=O)N(/C=C/C[C@H]1C[C@@H](O[Si](C)(C)C(C)(C)C)[C@@H](C)C/C=C/Cc2cccc(O[Si](C)(C)C(C)(C)C)c2C(=O)O1)C(=O)N/C=C/C[C@H]1C[C@H](O[Si](C)(C)C(C)(C)C)[C@@H](C)C/C=C/Cc2cccc(O[Si](C)(C)C(C)(C)C)c2C(=O)O1. The van der Waals surface area contributed by atoms with Crippen molar-refractivity contribution < 1.29 is 46.4 Å². The van der Waals surface area contributed by atoms with E-state index in [4.69, 9.17) is 27.2 Å². The fourth-order valence-corrected chi connectivity index (χ4v) is 13.9. The smallest absolute Gasteiger partial charge is 0.342 e. The van der Waals surface area contributed by atoms with Gasteiger partial charge in [0.05, 0.1) is 12.2 Å². The number of allylic oxidation sites excluding steroid dienone is 7. The number of carbonyl (C=O) groups excluding carboxylic acids is 4. The van der Waals surface area contributed by atoms with E-state index < -0.39 is 69.4 Å². The molecule has 478 valence electrons. The first-order valence-electron chi connectivity index (χ1n) is 31.6. The molecule has 0 spiro atoms. The highest BCUT2D eigenvalue weighted by atomic mass is 28.4. The lowest BCUT2D eigenvalue weighted by atomic mass is 9.93. The number of carbonyl (C=O) groups is 4. The number of fused-ring (bicyclic) bond motifs is 2. The molecule has 1 N–H and O–H groups in total. The van der Waals surface area contributed by atoms with E-state index >= 15 is 0 Å². The molecule has 12 nitrogen and oxygen atoms in total. The first-order chi connectivity index (χ1) is 39.6. The summed E-state index contributed by atoms with van der Waals surface area (Å²) in [5.41, 5.74) is 2.46. The average molecular weight is 1250 g/mol. The number of nitrogens with one attached hydrogen (secondary N) is 1. The minimum atomic E-state index is -2.41. The lowest BCUT2D eigenvalue weighted by Crippen LogP contribution is -2.46. The summed E-state index contributed by atoms with van der Waals surface area (Å²) in [6, 6.07) is 10.8. The molecule has 0 aliphatic carbocycles. The largest absolute Gasteiger partial charge is 0.543 e. The average Bonchev–Trinajstić information content (AvgIpc) is 2.22. The number of ether oxygens (including phenoxy) is 2. The molecule has 2 aliphatic rings. The van der Waals surface area contributed by atoms with Gasteiger partial charge in [0.15, 0.2) is 16.6 Å². The maximum Gasteiger partial charge on any atom is 0.342 e. The second kappa shape index (κ2) is 30.6. The highest BCUT2D eigenvalue weighted by molar-refractivity contribution is 6.75. The van der Waals surface area contributed by atoms with Crippen LogP contribution in [0, 0.1) is 11.8 Å². The number of esters is 2. The standard InChI is InChI=1S/C70H112N2O10Si4/c1-24-25-26-27-46-61(73)72(48-35-43-56-50-60(82-86(22,23)70(13,14)15)52(3)37-29-31-39-54-41-33-45-58(63(54)65(75)78-56)80-84(18,19)68(7,8)9)66(76)71-47-34-42-55-49-59(81-85(20,21)69(10,11)12)51(2)36-28-30-38-53-40-32-44-57(62(53)64(74)77-55)79-83(16,17)67(4,5)6/h25-35,40-41,44-48,51-52,55-56,59-60H,24,36-39,42-43,49-50H2,1-23H3,(H,71,76)/b26-25-,30-28+,31-29+,46-27-,47-34+,48-35+/t51-,52-,55-,56-,59-,60+/m0/s1. The Morgan fingerprint density at radius 2 is 0.988 bits per heavy atom. The minimum Gasteiger partial charge on any atom is -0.543 e. The van der Waals surface area contributed by atoms with Gasteiger partial charge in [0.25, 0.3) is 22.5 Å². The number of hydrogen-bond donors (Lipinski definition) is 1. The van der Waals surface area contributed by atoms with Crippen LogP contribution in [0.3, 0.4) is 0 Å².